The fourth-order valence-corrected chi connectivity index (χ4v) is 3.04. The van der Waals surface area contributed by atoms with E-state index in [4.69, 9.17) is 10.5 Å². The number of nitrogens with zero attached hydrogens (tertiary/aromatic N) is 4. The van der Waals surface area contributed by atoms with E-state index in [1.54, 1.807) is 32.4 Å². The van der Waals surface area contributed by atoms with Gasteiger partial charge in [0.15, 0.2) is 5.13 Å². The molecule has 0 radical (unpaired) electrons. The molecule has 3 aromatic rings. The highest BCUT2D eigenvalue weighted by molar-refractivity contribution is 7.17. The van der Waals surface area contributed by atoms with Crippen molar-refractivity contribution in [3.8, 4) is 0 Å². The minimum absolute atomic E-state index is 0.322. The summed E-state index contributed by atoms with van der Waals surface area (Å²) < 4.78 is 4.97. The molecule has 0 atom stereocenters. The van der Waals surface area contributed by atoms with E-state index in [0.29, 0.717) is 28.0 Å². The molecule has 0 saturated heterocycles. The normalized spacial score (nSPS) is 11.9. The second kappa shape index (κ2) is 8.37. The highest BCUT2D eigenvalue weighted by Crippen LogP contribution is 2.24. The molecule has 8 nitrogen and oxygen atoms in total. The van der Waals surface area contributed by atoms with Gasteiger partial charge in [0.2, 0.25) is 0 Å². The average molecular weight is 382 g/mol. The third-order valence-electron chi connectivity index (χ3n) is 3.54. The maximum atomic E-state index is 11.7. The van der Waals surface area contributed by atoms with E-state index in [-0.39, 0.29) is 5.97 Å². The zero-order chi connectivity index (χ0) is 19.2. The van der Waals surface area contributed by atoms with E-state index in [0.717, 1.165) is 16.7 Å². The number of fused-ring (bicyclic) bond motifs is 1. The van der Waals surface area contributed by atoms with Crippen LogP contribution in [0, 0.1) is 0 Å². The first-order chi connectivity index (χ1) is 13.1. The standard InChI is InChI=1S/C18H18N6O2S/c1-3-26-17(25)15-10-22-18(27-15)24-16-5-4-13-14(23-16)6-11(9-21-13)12(7-19)8-20-2/h4-10H,3,19H2,1-2H3,(H,22,23,24). The van der Waals surface area contributed by atoms with Crippen molar-refractivity contribution in [1.29, 1.82) is 0 Å². The molecule has 3 aromatic heterocycles. The summed E-state index contributed by atoms with van der Waals surface area (Å²) in [5, 5.41) is 3.65. The zero-order valence-electron chi connectivity index (χ0n) is 14.8. The molecule has 0 aromatic carbocycles. The number of anilines is 2. The molecule has 0 spiro atoms. The van der Waals surface area contributed by atoms with Crippen LogP contribution in [0.15, 0.2) is 41.8 Å². The van der Waals surface area contributed by atoms with Crippen LogP contribution in [0.4, 0.5) is 10.9 Å². The second-order valence-corrected chi connectivity index (χ2v) is 6.37. The number of aliphatic imine (C=N–C) groups is 1. The van der Waals surface area contributed by atoms with Gasteiger partial charge in [-0.05, 0) is 25.1 Å². The molecule has 0 unspecified atom stereocenters. The van der Waals surface area contributed by atoms with Crippen LogP contribution in [0.25, 0.3) is 16.6 Å². The van der Waals surface area contributed by atoms with Crippen LogP contribution in [0.5, 0.6) is 0 Å². The Kier molecular flexibility index (Phi) is 5.72. The number of pyridine rings is 2. The Morgan fingerprint density at radius 1 is 1.33 bits per heavy atom. The quantitative estimate of drug-likeness (QED) is 0.497. The average Bonchev–Trinajstić information content (AvgIpc) is 3.14. The van der Waals surface area contributed by atoms with Gasteiger partial charge in [0, 0.05) is 36.8 Å². The molecule has 0 fully saturated rings. The van der Waals surface area contributed by atoms with E-state index >= 15 is 0 Å². The van der Waals surface area contributed by atoms with Crippen LogP contribution >= 0.6 is 11.3 Å². The number of ether oxygens (including phenoxy) is 1. The van der Waals surface area contributed by atoms with Crippen molar-refractivity contribution in [2.24, 2.45) is 10.7 Å². The first-order valence-corrected chi connectivity index (χ1v) is 8.97. The number of aromatic nitrogens is 3. The molecule has 27 heavy (non-hydrogen) atoms. The Balaban J connectivity index is 1.86. The van der Waals surface area contributed by atoms with Gasteiger partial charge < -0.3 is 15.8 Å². The molecule has 138 valence electrons. The number of esters is 1. The molecule has 0 aliphatic heterocycles. The van der Waals surface area contributed by atoms with Crippen molar-refractivity contribution >= 4 is 51.1 Å². The van der Waals surface area contributed by atoms with Crippen molar-refractivity contribution in [2.75, 3.05) is 19.0 Å². The van der Waals surface area contributed by atoms with Crippen LogP contribution in [0.3, 0.4) is 0 Å². The number of carbonyl (C=O) groups is 1. The minimum Gasteiger partial charge on any atom is -0.462 e. The summed E-state index contributed by atoms with van der Waals surface area (Å²) in [6.07, 6.45) is 6.35. The summed E-state index contributed by atoms with van der Waals surface area (Å²) in [7, 11) is 1.68. The number of carbonyl (C=O) groups excluding carboxylic acids is 1. The molecule has 3 N–H and O–H groups in total. The van der Waals surface area contributed by atoms with Crippen LogP contribution < -0.4 is 11.1 Å². The maximum Gasteiger partial charge on any atom is 0.350 e. The number of hydrogen-bond donors (Lipinski definition) is 2. The van der Waals surface area contributed by atoms with Gasteiger partial charge in [-0.3, -0.25) is 9.98 Å². The van der Waals surface area contributed by atoms with E-state index in [1.807, 2.05) is 12.1 Å². The fraction of sp³-hybridized carbons (Fsp3) is 0.167. The lowest BCUT2D eigenvalue weighted by molar-refractivity contribution is 0.0532. The van der Waals surface area contributed by atoms with E-state index in [1.165, 1.54) is 23.7 Å². The Labute approximate surface area is 159 Å². The molecule has 0 aliphatic rings. The van der Waals surface area contributed by atoms with Gasteiger partial charge in [0.05, 0.1) is 23.8 Å². The fourth-order valence-electron chi connectivity index (χ4n) is 2.33. The first-order valence-electron chi connectivity index (χ1n) is 8.15. The van der Waals surface area contributed by atoms with Crippen LogP contribution in [-0.4, -0.2) is 40.8 Å². The van der Waals surface area contributed by atoms with Crippen molar-refractivity contribution in [1.82, 2.24) is 15.0 Å². The lowest BCUT2D eigenvalue weighted by Crippen LogP contribution is -2.01. The Hall–Kier alpha value is -3.33. The predicted octanol–water partition coefficient (Wildman–Crippen LogP) is 3.01. The third-order valence-corrected chi connectivity index (χ3v) is 4.43. The number of rotatable bonds is 6. The summed E-state index contributed by atoms with van der Waals surface area (Å²) in [4.78, 5) is 29.3. The van der Waals surface area contributed by atoms with Gasteiger partial charge >= 0.3 is 5.97 Å². The summed E-state index contributed by atoms with van der Waals surface area (Å²) >= 11 is 1.20. The topological polar surface area (TPSA) is 115 Å². The minimum atomic E-state index is -0.387. The molecule has 0 amide bonds. The molecule has 0 saturated carbocycles. The largest absolute Gasteiger partial charge is 0.462 e. The van der Waals surface area contributed by atoms with Gasteiger partial charge in [-0.15, -0.1) is 0 Å². The van der Waals surface area contributed by atoms with Crippen molar-refractivity contribution < 1.29 is 9.53 Å². The smallest absolute Gasteiger partial charge is 0.350 e. The van der Waals surface area contributed by atoms with E-state index in [2.05, 4.69) is 25.3 Å². The maximum absolute atomic E-state index is 11.7. The SMILES string of the molecule is CCOC(=O)c1cnc(Nc2ccc3ncc(C(C=NC)=CN)cc3n2)s1. The monoisotopic (exact) mass is 382 g/mol. The van der Waals surface area contributed by atoms with Crippen LogP contribution in [-0.2, 0) is 4.74 Å². The molecule has 0 bridgehead atoms. The predicted molar refractivity (Wildman–Crippen MR) is 107 cm³/mol. The van der Waals surface area contributed by atoms with Gasteiger partial charge in [-0.25, -0.2) is 14.8 Å². The molecule has 9 heteroatoms. The molecular formula is C18H18N6O2S. The number of hydrogen-bond acceptors (Lipinski definition) is 9. The summed E-state index contributed by atoms with van der Waals surface area (Å²) in [5.41, 5.74) is 8.68. The number of nitrogens with one attached hydrogen (secondary N) is 1. The van der Waals surface area contributed by atoms with E-state index < -0.39 is 0 Å². The number of allylic oxidation sites excluding steroid dienone is 1. The summed E-state index contributed by atoms with van der Waals surface area (Å²) in [5.74, 6) is 0.204. The van der Waals surface area contributed by atoms with Crippen molar-refractivity contribution in [3.63, 3.8) is 0 Å². The zero-order valence-corrected chi connectivity index (χ0v) is 15.7. The van der Waals surface area contributed by atoms with Gasteiger partial charge in [-0.2, -0.15) is 0 Å². The molecular weight excluding hydrogens is 364 g/mol. The summed E-state index contributed by atoms with van der Waals surface area (Å²) in [6, 6.07) is 5.54. The summed E-state index contributed by atoms with van der Waals surface area (Å²) in [6.45, 7) is 2.08. The van der Waals surface area contributed by atoms with E-state index in [9.17, 15) is 4.79 Å². The Morgan fingerprint density at radius 3 is 2.93 bits per heavy atom. The highest BCUT2D eigenvalue weighted by Gasteiger charge is 2.12. The third kappa shape index (κ3) is 4.26. The number of nitrogens with two attached hydrogens (primary N) is 1. The van der Waals surface area contributed by atoms with Gasteiger partial charge in [0.25, 0.3) is 0 Å². The Bertz CT molecular complexity index is 1030. The van der Waals surface area contributed by atoms with Gasteiger partial charge in [0.1, 0.15) is 10.7 Å². The van der Waals surface area contributed by atoms with Gasteiger partial charge in [-0.1, -0.05) is 11.3 Å². The Morgan fingerprint density at radius 2 is 2.19 bits per heavy atom. The van der Waals surface area contributed by atoms with Crippen molar-refractivity contribution in [3.05, 3.63) is 47.2 Å². The van der Waals surface area contributed by atoms with Crippen LogP contribution in [0.1, 0.15) is 22.2 Å². The van der Waals surface area contributed by atoms with Crippen molar-refractivity contribution in [2.45, 2.75) is 6.92 Å². The number of thiazole rings is 1. The molecule has 3 heterocycles. The first kappa shape index (κ1) is 18.5. The lowest BCUT2D eigenvalue weighted by Gasteiger charge is -2.06. The van der Waals surface area contributed by atoms with Crippen LogP contribution in [0.2, 0.25) is 0 Å². The highest BCUT2D eigenvalue weighted by atomic mass is 32.1. The second-order valence-electron chi connectivity index (χ2n) is 5.34. The lowest BCUT2D eigenvalue weighted by atomic mass is 10.1. The molecule has 0 aliphatic carbocycles. The molecule has 3 rings (SSSR count).